The highest BCUT2D eigenvalue weighted by atomic mass is 35.5. The van der Waals surface area contributed by atoms with Gasteiger partial charge in [-0.3, -0.25) is 4.79 Å². The summed E-state index contributed by atoms with van der Waals surface area (Å²) < 4.78 is 57.2. The predicted octanol–water partition coefficient (Wildman–Crippen LogP) is 5.68. The van der Waals surface area contributed by atoms with Gasteiger partial charge in [0.1, 0.15) is 11.6 Å². The third-order valence-corrected chi connectivity index (χ3v) is 6.80. The number of rotatable bonds is 3. The van der Waals surface area contributed by atoms with Crippen molar-refractivity contribution in [1.82, 2.24) is 4.98 Å². The number of anilines is 1. The van der Waals surface area contributed by atoms with Crippen LogP contribution in [0.5, 0.6) is 5.75 Å². The molecule has 3 aromatic rings. The first-order valence-electron chi connectivity index (χ1n) is 10.3. The first-order chi connectivity index (χ1) is 15.4. The first kappa shape index (κ1) is 23.4. The number of phenolic OH excluding ortho intramolecular Hbond substituents is 1. The largest absolute Gasteiger partial charge is 0.507 e. The van der Waals surface area contributed by atoms with Crippen LogP contribution >= 0.6 is 11.6 Å². The van der Waals surface area contributed by atoms with Gasteiger partial charge in [0, 0.05) is 33.3 Å². The zero-order valence-electron chi connectivity index (χ0n) is 17.6. The maximum absolute atomic E-state index is 14.3. The van der Waals surface area contributed by atoms with Crippen LogP contribution in [0.15, 0.2) is 35.1 Å². The fraction of sp³-hybridized carbons (Fsp3) is 0.348. The molecular weight excluding hydrogens is 464 g/mol. The maximum atomic E-state index is 14.3. The number of hydrogen-bond acceptors (Lipinski definition) is 4. The van der Waals surface area contributed by atoms with Crippen molar-refractivity contribution in [2.24, 2.45) is 0 Å². The molecule has 0 fully saturated rings. The van der Waals surface area contributed by atoms with E-state index in [9.17, 15) is 32.6 Å². The van der Waals surface area contributed by atoms with Crippen molar-refractivity contribution >= 4 is 28.2 Å². The van der Waals surface area contributed by atoms with Gasteiger partial charge in [-0.25, -0.2) is 4.39 Å². The molecule has 1 heterocycles. The highest BCUT2D eigenvalue weighted by Gasteiger charge is 2.62. The van der Waals surface area contributed by atoms with Crippen LogP contribution in [0, 0.1) is 12.7 Å². The Hall–Kier alpha value is -2.78. The number of aromatic hydroxyl groups is 1. The number of nitrogens with one attached hydrogen (secondary N) is 2. The second kappa shape index (κ2) is 7.92. The summed E-state index contributed by atoms with van der Waals surface area (Å²) in [7, 11) is 0. The number of pyridine rings is 1. The lowest BCUT2D eigenvalue weighted by atomic mass is 9.68. The number of phenols is 1. The van der Waals surface area contributed by atoms with E-state index >= 15 is 0 Å². The van der Waals surface area contributed by atoms with Gasteiger partial charge in [-0.2, -0.15) is 13.2 Å². The van der Waals surface area contributed by atoms with Crippen LogP contribution in [0.2, 0.25) is 5.02 Å². The SMILES string of the molecule is CC[C@H]1C[C@@](O)(C(F)(F)F)[C@@H](Nc2cc(F)cc3[nH]c(=O)ccc23)c2cc(Cl)c(C)c(O)c21. The van der Waals surface area contributed by atoms with E-state index in [-0.39, 0.29) is 44.9 Å². The number of fused-ring (bicyclic) bond motifs is 2. The molecule has 4 N–H and O–H groups in total. The van der Waals surface area contributed by atoms with Crippen LogP contribution < -0.4 is 10.9 Å². The minimum atomic E-state index is -5.06. The molecule has 0 spiro atoms. The molecule has 33 heavy (non-hydrogen) atoms. The van der Waals surface area contributed by atoms with Crippen molar-refractivity contribution in [2.45, 2.75) is 50.4 Å². The van der Waals surface area contributed by atoms with E-state index in [4.69, 9.17) is 11.6 Å². The van der Waals surface area contributed by atoms with Gasteiger partial charge in [-0.1, -0.05) is 18.5 Å². The van der Waals surface area contributed by atoms with Crippen molar-refractivity contribution < 1.29 is 27.8 Å². The minimum absolute atomic E-state index is 0.0251. The lowest BCUT2D eigenvalue weighted by molar-refractivity contribution is -0.272. The Kier molecular flexibility index (Phi) is 5.61. The van der Waals surface area contributed by atoms with Gasteiger partial charge >= 0.3 is 6.18 Å². The monoisotopic (exact) mass is 484 g/mol. The number of aliphatic hydroxyl groups is 1. The van der Waals surface area contributed by atoms with Gasteiger partial charge in [-0.05, 0) is 55.5 Å². The summed E-state index contributed by atoms with van der Waals surface area (Å²) in [6.45, 7) is 3.22. The van der Waals surface area contributed by atoms with E-state index in [0.717, 1.165) is 18.2 Å². The molecule has 0 amide bonds. The maximum Gasteiger partial charge on any atom is 0.419 e. The minimum Gasteiger partial charge on any atom is -0.507 e. The Balaban J connectivity index is 1.99. The van der Waals surface area contributed by atoms with Gasteiger partial charge in [-0.15, -0.1) is 0 Å². The summed E-state index contributed by atoms with van der Waals surface area (Å²) in [6, 6.07) is 4.03. The normalized spacial score (nSPS) is 22.9. The van der Waals surface area contributed by atoms with Crippen LogP contribution in [-0.2, 0) is 0 Å². The summed E-state index contributed by atoms with van der Waals surface area (Å²) >= 11 is 6.20. The van der Waals surface area contributed by atoms with Crippen LogP contribution in [0.25, 0.3) is 10.9 Å². The third kappa shape index (κ3) is 3.73. The van der Waals surface area contributed by atoms with Crippen molar-refractivity contribution in [3.63, 3.8) is 0 Å². The molecule has 0 unspecified atom stereocenters. The van der Waals surface area contributed by atoms with Crippen LogP contribution in [0.4, 0.5) is 23.2 Å². The van der Waals surface area contributed by atoms with Gasteiger partial charge in [0.05, 0.1) is 11.6 Å². The lowest BCUT2D eigenvalue weighted by Crippen LogP contribution is -2.55. The third-order valence-electron chi connectivity index (χ3n) is 6.40. The highest BCUT2D eigenvalue weighted by Crippen LogP contribution is 2.56. The Morgan fingerprint density at radius 1 is 1.27 bits per heavy atom. The quantitative estimate of drug-likeness (QED) is 0.360. The van der Waals surface area contributed by atoms with Crippen molar-refractivity contribution in [1.29, 1.82) is 0 Å². The smallest absolute Gasteiger partial charge is 0.419 e. The molecule has 5 nitrogen and oxygen atoms in total. The second-order valence-corrected chi connectivity index (χ2v) is 8.79. The van der Waals surface area contributed by atoms with E-state index in [1.54, 1.807) is 13.8 Å². The van der Waals surface area contributed by atoms with Crippen molar-refractivity contribution in [3.8, 4) is 5.75 Å². The van der Waals surface area contributed by atoms with E-state index in [0.29, 0.717) is 5.56 Å². The molecule has 0 aliphatic heterocycles. The molecule has 2 aromatic carbocycles. The number of benzene rings is 2. The number of H-pyrrole nitrogens is 1. The highest BCUT2D eigenvalue weighted by molar-refractivity contribution is 6.31. The molecule has 1 aliphatic rings. The number of aromatic nitrogens is 1. The molecular formula is C23H21ClF4N2O3. The first-order valence-corrected chi connectivity index (χ1v) is 10.6. The molecule has 0 radical (unpaired) electrons. The number of halogens is 5. The van der Waals surface area contributed by atoms with Gasteiger partial charge < -0.3 is 20.5 Å². The summed E-state index contributed by atoms with van der Waals surface area (Å²) in [5.74, 6) is -1.82. The predicted molar refractivity (Wildman–Crippen MR) is 117 cm³/mol. The Morgan fingerprint density at radius 3 is 2.61 bits per heavy atom. The molecule has 10 heteroatoms. The fourth-order valence-corrected chi connectivity index (χ4v) is 4.84. The lowest BCUT2D eigenvalue weighted by Gasteiger charge is -2.46. The summed E-state index contributed by atoms with van der Waals surface area (Å²) in [5, 5.41) is 24.7. The zero-order valence-corrected chi connectivity index (χ0v) is 18.4. The van der Waals surface area contributed by atoms with Crippen LogP contribution in [0.1, 0.15) is 48.4 Å². The molecule has 1 aliphatic carbocycles. The zero-order chi connectivity index (χ0) is 24.3. The van der Waals surface area contributed by atoms with Gasteiger partial charge in [0.25, 0.3) is 0 Å². The van der Waals surface area contributed by atoms with E-state index < -0.39 is 41.5 Å². The average Bonchev–Trinajstić information content (AvgIpc) is 2.72. The standard InChI is InChI=1S/C23H21ClF4N2O3/c1-3-11-9-22(33,23(26,27)28)21(14-8-15(24)10(2)20(32)19(11)14)30-17-7-12(25)6-16-13(17)4-5-18(31)29-16/h4-8,11,21,30,32-33H,3,9H2,1-2H3,(H,29,31)/t11-,21-,22-/m0/s1. The molecule has 3 atom stereocenters. The summed E-state index contributed by atoms with van der Waals surface area (Å²) in [4.78, 5) is 14.1. The molecule has 0 saturated carbocycles. The van der Waals surface area contributed by atoms with Gasteiger partial charge in [0.2, 0.25) is 5.56 Å². The van der Waals surface area contributed by atoms with E-state index in [1.165, 1.54) is 12.1 Å². The number of alkyl halides is 3. The fourth-order valence-electron chi connectivity index (χ4n) is 4.63. The molecule has 1 aromatic heterocycles. The van der Waals surface area contributed by atoms with E-state index in [2.05, 4.69) is 10.3 Å². The van der Waals surface area contributed by atoms with E-state index in [1.807, 2.05) is 0 Å². The van der Waals surface area contributed by atoms with Gasteiger partial charge in [0.15, 0.2) is 5.60 Å². The summed E-state index contributed by atoms with van der Waals surface area (Å²) in [6.07, 6.45) is -5.53. The summed E-state index contributed by atoms with van der Waals surface area (Å²) in [5.41, 5.74) is -3.18. The Morgan fingerprint density at radius 2 is 1.97 bits per heavy atom. The van der Waals surface area contributed by atoms with Crippen LogP contribution in [-0.4, -0.2) is 27.0 Å². The molecule has 0 bridgehead atoms. The van der Waals surface area contributed by atoms with Crippen LogP contribution in [0.3, 0.4) is 0 Å². The molecule has 4 rings (SSSR count). The van der Waals surface area contributed by atoms with Crippen molar-refractivity contribution in [3.05, 3.63) is 68.2 Å². The Bertz CT molecular complexity index is 1310. The van der Waals surface area contributed by atoms with Crippen molar-refractivity contribution in [2.75, 3.05) is 5.32 Å². The topological polar surface area (TPSA) is 85.4 Å². The number of aromatic amines is 1. The second-order valence-electron chi connectivity index (χ2n) is 8.38. The molecule has 176 valence electrons. The molecule has 0 saturated heterocycles. The Labute approximate surface area is 191 Å². The average molecular weight is 485 g/mol. The number of hydrogen-bond donors (Lipinski definition) is 4.